The molecule has 1 aromatic heterocycles. The van der Waals surface area contributed by atoms with Crippen molar-refractivity contribution in [3.8, 4) is 0 Å². The Morgan fingerprint density at radius 2 is 2.59 bits per heavy atom. The molecule has 1 aromatic rings. The van der Waals surface area contributed by atoms with Gasteiger partial charge in [-0.05, 0) is 12.8 Å². The van der Waals surface area contributed by atoms with Gasteiger partial charge in [0.05, 0.1) is 11.6 Å². The first kappa shape index (κ1) is 12.3. The Hall–Kier alpha value is -1.14. The van der Waals surface area contributed by atoms with Crippen molar-refractivity contribution in [2.24, 2.45) is 5.92 Å². The van der Waals surface area contributed by atoms with Gasteiger partial charge in [-0.15, -0.1) is 11.3 Å². The Morgan fingerprint density at radius 3 is 3.29 bits per heavy atom. The van der Waals surface area contributed by atoms with Crippen LogP contribution in [0.3, 0.4) is 0 Å². The van der Waals surface area contributed by atoms with Crippen molar-refractivity contribution in [1.29, 1.82) is 0 Å². The Balaban J connectivity index is 1.93. The van der Waals surface area contributed by atoms with E-state index in [1.54, 1.807) is 5.51 Å². The molecule has 1 fully saturated rings. The maximum Gasteiger partial charge on any atom is 0.357 e. The Bertz CT molecular complexity index is 394. The molecule has 0 amide bonds. The molecule has 1 saturated heterocycles. The highest BCUT2D eigenvalue weighted by atomic mass is 32.1. The van der Waals surface area contributed by atoms with Gasteiger partial charge < -0.3 is 15.2 Å². The molecule has 0 aliphatic carbocycles. The summed E-state index contributed by atoms with van der Waals surface area (Å²) in [6.07, 6.45) is 2.33. The van der Waals surface area contributed by atoms with E-state index in [9.17, 15) is 4.79 Å². The fourth-order valence-corrected chi connectivity index (χ4v) is 2.81. The maximum atomic E-state index is 10.9. The Labute approximate surface area is 104 Å². The van der Waals surface area contributed by atoms with Gasteiger partial charge in [-0.25, -0.2) is 9.78 Å². The number of carboxylic acid groups (broad SMARTS) is 1. The fourth-order valence-electron chi connectivity index (χ4n) is 2.13. The van der Waals surface area contributed by atoms with E-state index in [4.69, 9.17) is 9.84 Å². The van der Waals surface area contributed by atoms with Crippen LogP contribution in [0.1, 0.15) is 30.3 Å². The largest absolute Gasteiger partial charge is 0.476 e. The standard InChI is InChI=1S/C11H16N2O3S/c1-2-8-7(3-4-16-8)5-12-10-9(11(14)15)13-6-17-10/h6-8,12H,2-5H2,1H3,(H,14,15). The summed E-state index contributed by atoms with van der Waals surface area (Å²) in [7, 11) is 0. The average Bonchev–Trinajstić information content (AvgIpc) is 2.94. The van der Waals surface area contributed by atoms with Crippen LogP contribution in [-0.4, -0.2) is 35.3 Å². The second kappa shape index (κ2) is 5.46. The molecule has 0 saturated carbocycles. The van der Waals surface area contributed by atoms with Crippen molar-refractivity contribution in [2.45, 2.75) is 25.9 Å². The van der Waals surface area contributed by atoms with Crippen molar-refractivity contribution >= 4 is 22.3 Å². The lowest BCUT2D eigenvalue weighted by atomic mass is 10.00. The van der Waals surface area contributed by atoms with Gasteiger partial charge in [0, 0.05) is 19.1 Å². The molecule has 1 aliphatic rings. The normalized spacial score (nSPS) is 23.8. The molecule has 94 valence electrons. The number of rotatable bonds is 5. The first-order chi connectivity index (χ1) is 8.22. The van der Waals surface area contributed by atoms with Crippen molar-refractivity contribution < 1.29 is 14.6 Å². The lowest BCUT2D eigenvalue weighted by molar-refractivity contribution is 0.0692. The second-order valence-corrected chi connectivity index (χ2v) is 4.94. The molecule has 17 heavy (non-hydrogen) atoms. The minimum atomic E-state index is -0.983. The highest BCUT2D eigenvalue weighted by molar-refractivity contribution is 7.14. The number of ether oxygens (including phenoxy) is 1. The van der Waals surface area contributed by atoms with Gasteiger partial charge in [0.2, 0.25) is 0 Å². The summed E-state index contributed by atoms with van der Waals surface area (Å²) in [6.45, 7) is 3.67. The predicted molar refractivity (Wildman–Crippen MR) is 65.7 cm³/mol. The lowest BCUT2D eigenvalue weighted by Gasteiger charge is -2.17. The molecule has 0 radical (unpaired) electrons. The predicted octanol–water partition coefficient (Wildman–Crippen LogP) is 2.07. The number of nitrogens with zero attached hydrogens (tertiary/aromatic N) is 1. The number of nitrogens with one attached hydrogen (secondary N) is 1. The van der Waals surface area contributed by atoms with E-state index >= 15 is 0 Å². The number of hydrogen-bond acceptors (Lipinski definition) is 5. The minimum absolute atomic E-state index is 0.113. The van der Waals surface area contributed by atoms with Crippen LogP contribution in [0.25, 0.3) is 0 Å². The third-order valence-corrected chi connectivity index (χ3v) is 3.83. The lowest BCUT2D eigenvalue weighted by Crippen LogP contribution is -2.23. The number of aromatic nitrogens is 1. The van der Waals surface area contributed by atoms with Crippen molar-refractivity contribution in [2.75, 3.05) is 18.5 Å². The average molecular weight is 256 g/mol. The zero-order valence-corrected chi connectivity index (χ0v) is 10.5. The number of hydrogen-bond donors (Lipinski definition) is 2. The van der Waals surface area contributed by atoms with Gasteiger partial charge in [0.25, 0.3) is 0 Å². The van der Waals surface area contributed by atoms with Crippen LogP contribution in [0, 0.1) is 5.92 Å². The molecule has 2 heterocycles. The summed E-state index contributed by atoms with van der Waals surface area (Å²) < 4.78 is 5.59. The van der Waals surface area contributed by atoms with Gasteiger partial charge in [-0.3, -0.25) is 0 Å². The maximum absolute atomic E-state index is 10.9. The van der Waals surface area contributed by atoms with E-state index < -0.39 is 5.97 Å². The summed E-state index contributed by atoms with van der Waals surface area (Å²) in [5.41, 5.74) is 1.66. The van der Waals surface area contributed by atoms with Crippen LogP contribution >= 0.6 is 11.3 Å². The number of aromatic carboxylic acids is 1. The Kier molecular flexibility index (Phi) is 3.96. The minimum Gasteiger partial charge on any atom is -0.476 e. The van der Waals surface area contributed by atoms with E-state index in [2.05, 4.69) is 17.2 Å². The molecule has 2 N–H and O–H groups in total. The van der Waals surface area contributed by atoms with Crippen LogP contribution in [0.15, 0.2) is 5.51 Å². The van der Waals surface area contributed by atoms with Crippen LogP contribution in [0.2, 0.25) is 0 Å². The SMILES string of the molecule is CCC1OCCC1CNc1scnc1C(=O)O. The monoisotopic (exact) mass is 256 g/mol. The first-order valence-corrected chi connectivity index (χ1v) is 6.62. The molecule has 2 unspecified atom stereocenters. The summed E-state index contributed by atoms with van der Waals surface area (Å²) in [5, 5.41) is 12.7. The number of carbonyl (C=O) groups is 1. The summed E-state index contributed by atoms with van der Waals surface area (Å²) in [4.78, 5) is 14.7. The molecule has 0 spiro atoms. The summed E-state index contributed by atoms with van der Waals surface area (Å²) in [6, 6.07) is 0. The van der Waals surface area contributed by atoms with Crippen LogP contribution in [0.5, 0.6) is 0 Å². The van der Waals surface area contributed by atoms with Crippen LogP contribution in [0.4, 0.5) is 5.00 Å². The van der Waals surface area contributed by atoms with E-state index in [0.29, 0.717) is 17.0 Å². The smallest absolute Gasteiger partial charge is 0.357 e. The molecule has 1 aliphatic heterocycles. The van der Waals surface area contributed by atoms with Gasteiger partial charge in [-0.1, -0.05) is 6.92 Å². The fraction of sp³-hybridized carbons (Fsp3) is 0.636. The summed E-state index contributed by atoms with van der Waals surface area (Å²) >= 11 is 1.33. The molecule has 5 nitrogen and oxygen atoms in total. The van der Waals surface area contributed by atoms with Gasteiger partial charge in [0.15, 0.2) is 5.69 Å². The molecule has 0 bridgehead atoms. The molecule has 2 atom stereocenters. The van der Waals surface area contributed by atoms with Crippen LogP contribution < -0.4 is 5.32 Å². The van der Waals surface area contributed by atoms with Crippen molar-refractivity contribution in [1.82, 2.24) is 4.98 Å². The quantitative estimate of drug-likeness (QED) is 0.843. The van der Waals surface area contributed by atoms with Gasteiger partial charge in [-0.2, -0.15) is 0 Å². The van der Waals surface area contributed by atoms with Crippen molar-refractivity contribution in [3.05, 3.63) is 11.2 Å². The van der Waals surface area contributed by atoms with Gasteiger partial charge in [0.1, 0.15) is 5.00 Å². The van der Waals surface area contributed by atoms with Crippen LogP contribution in [-0.2, 0) is 4.74 Å². The molecule has 0 aromatic carbocycles. The third-order valence-electron chi connectivity index (χ3n) is 3.04. The first-order valence-electron chi connectivity index (χ1n) is 5.74. The summed E-state index contributed by atoms with van der Waals surface area (Å²) in [5.74, 6) is -0.521. The number of anilines is 1. The number of thiazole rings is 1. The highest BCUT2D eigenvalue weighted by Gasteiger charge is 2.27. The topological polar surface area (TPSA) is 71.5 Å². The van der Waals surface area contributed by atoms with E-state index in [-0.39, 0.29) is 5.69 Å². The third kappa shape index (κ3) is 2.76. The number of carboxylic acids is 1. The van der Waals surface area contributed by atoms with Crippen molar-refractivity contribution in [3.63, 3.8) is 0 Å². The molecular formula is C11H16N2O3S. The van der Waals surface area contributed by atoms with E-state index in [1.165, 1.54) is 11.3 Å². The highest BCUT2D eigenvalue weighted by Crippen LogP contribution is 2.26. The Morgan fingerprint density at radius 1 is 1.76 bits per heavy atom. The molecule has 6 heteroatoms. The zero-order valence-electron chi connectivity index (χ0n) is 9.68. The second-order valence-electron chi connectivity index (χ2n) is 4.08. The zero-order chi connectivity index (χ0) is 12.3. The molecule has 2 rings (SSSR count). The van der Waals surface area contributed by atoms with E-state index in [0.717, 1.165) is 26.0 Å². The van der Waals surface area contributed by atoms with E-state index in [1.807, 2.05) is 0 Å². The molecular weight excluding hydrogens is 240 g/mol. The van der Waals surface area contributed by atoms with Gasteiger partial charge >= 0.3 is 5.97 Å².